The number of aliphatic carboxylic acids is 1. The van der Waals surface area contributed by atoms with Crippen molar-refractivity contribution in [3.8, 4) is 0 Å². The van der Waals surface area contributed by atoms with Crippen LogP contribution in [0.5, 0.6) is 0 Å². The van der Waals surface area contributed by atoms with Crippen molar-refractivity contribution in [2.75, 3.05) is 0 Å². The molecule has 0 aliphatic rings. The third-order valence-electron chi connectivity index (χ3n) is 3.30. The molecule has 0 aliphatic heterocycles. The predicted molar refractivity (Wildman–Crippen MR) is 73.0 cm³/mol. The lowest BCUT2D eigenvalue weighted by Crippen LogP contribution is -1.99. The van der Waals surface area contributed by atoms with Gasteiger partial charge < -0.3 is 9.67 Å². The number of hydrogen-bond donors (Lipinski definition) is 1. The van der Waals surface area contributed by atoms with Gasteiger partial charge >= 0.3 is 5.97 Å². The Labute approximate surface area is 107 Å². The predicted octanol–water partition coefficient (Wildman–Crippen LogP) is 3.55. The Morgan fingerprint density at radius 3 is 2.72 bits per heavy atom. The third-order valence-corrected chi connectivity index (χ3v) is 3.30. The molecule has 0 atom stereocenters. The van der Waals surface area contributed by atoms with Crippen molar-refractivity contribution in [3.05, 3.63) is 35.5 Å². The van der Waals surface area contributed by atoms with Crippen LogP contribution in [0.2, 0.25) is 0 Å². The lowest BCUT2D eigenvalue weighted by Gasteiger charge is -2.10. The summed E-state index contributed by atoms with van der Waals surface area (Å²) in [5, 5.41) is 10.0. The van der Waals surface area contributed by atoms with E-state index in [4.69, 9.17) is 5.11 Å². The molecule has 0 fully saturated rings. The van der Waals surface area contributed by atoms with Crippen LogP contribution in [0.4, 0.5) is 0 Å². The highest BCUT2D eigenvalue weighted by molar-refractivity contribution is 5.87. The Balaban J connectivity index is 2.52. The van der Waals surface area contributed by atoms with E-state index >= 15 is 0 Å². The van der Waals surface area contributed by atoms with Gasteiger partial charge in [-0.05, 0) is 44.4 Å². The quantitative estimate of drug-likeness (QED) is 0.895. The highest BCUT2D eigenvalue weighted by Gasteiger charge is 2.11. The molecule has 3 nitrogen and oxygen atoms in total. The summed E-state index contributed by atoms with van der Waals surface area (Å²) in [6, 6.07) is 6.56. The molecule has 0 saturated carbocycles. The molecule has 0 bridgehead atoms. The van der Waals surface area contributed by atoms with Gasteiger partial charge in [0, 0.05) is 29.6 Å². The Hall–Kier alpha value is -1.77. The summed E-state index contributed by atoms with van der Waals surface area (Å²) in [5.41, 5.74) is 3.55. The first-order valence-corrected chi connectivity index (χ1v) is 6.31. The van der Waals surface area contributed by atoms with Crippen LogP contribution >= 0.6 is 0 Å². The fraction of sp³-hybridized carbons (Fsp3) is 0.400. The summed E-state index contributed by atoms with van der Waals surface area (Å²) in [5.74, 6) is -0.743. The van der Waals surface area contributed by atoms with Gasteiger partial charge in [0.1, 0.15) is 0 Å². The van der Waals surface area contributed by atoms with Gasteiger partial charge in [-0.25, -0.2) is 0 Å². The SMILES string of the molecule is Cc1cn(C(C)C)c2cccc(CCC(=O)O)c12. The normalized spacial score (nSPS) is 11.3. The molecule has 2 aromatic rings. The van der Waals surface area contributed by atoms with Gasteiger partial charge in [0.15, 0.2) is 0 Å². The average molecular weight is 245 g/mol. The summed E-state index contributed by atoms with van der Waals surface area (Å²) in [6.07, 6.45) is 2.93. The van der Waals surface area contributed by atoms with Crippen LogP contribution in [0, 0.1) is 6.92 Å². The van der Waals surface area contributed by atoms with Crippen LogP contribution in [-0.2, 0) is 11.2 Å². The number of carboxylic acid groups (broad SMARTS) is 1. The molecule has 1 N–H and O–H groups in total. The molecule has 0 saturated heterocycles. The van der Waals surface area contributed by atoms with Crippen LogP contribution in [0.3, 0.4) is 0 Å². The number of nitrogens with zero attached hydrogens (tertiary/aromatic N) is 1. The molecule has 0 radical (unpaired) electrons. The molecule has 2 rings (SSSR count). The zero-order valence-corrected chi connectivity index (χ0v) is 11.1. The molecule has 1 aromatic heterocycles. The minimum Gasteiger partial charge on any atom is -0.481 e. The fourth-order valence-electron chi connectivity index (χ4n) is 2.48. The molecular formula is C15H19NO2. The van der Waals surface area contributed by atoms with Gasteiger partial charge in [-0.3, -0.25) is 4.79 Å². The van der Waals surface area contributed by atoms with E-state index in [0.29, 0.717) is 12.5 Å². The molecular weight excluding hydrogens is 226 g/mol. The lowest BCUT2D eigenvalue weighted by atomic mass is 10.0. The Morgan fingerprint density at radius 1 is 1.39 bits per heavy atom. The van der Waals surface area contributed by atoms with E-state index in [1.54, 1.807) is 0 Å². The van der Waals surface area contributed by atoms with Crippen molar-refractivity contribution in [1.29, 1.82) is 0 Å². The molecule has 0 spiro atoms. The zero-order valence-electron chi connectivity index (χ0n) is 11.1. The number of fused-ring (bicyclic) bond motifs is 1. The number of hydrogen-bond acceptors (Lipinski definition) is 1. The van der Waals surface area contributed by atoms with Gasteiger partial charge in [-0.15, -0.1) is 0 Å². The topological polar surface area (TPSA) is 42.2 Å². The largest absolute Gasteiger partial charge is 0.481 e. The minimum absolute atomic E-state index is 0.186. The summed E-state index contributed by atoms with van der Waals surface area (Å²) in [4.78, 5) is 10.7. The monoisotopic (exact) mass is 245 g/mol. The second kappa shape index (κ2) is 4.84. The van der Waals surface area contributed by atoms with Crippen molar-refractivity contribution in [2.24, 2.45) is 0 Å². The van der Waals surface area contributed by atoms with Crippen molar-refractivity contribution < 1.29 is 9.90 Å². The smallest absolute Gasteiger partial charge is 0.303 e. The molecule has 0 amide bonds. The molecule has 96 valence electrons. The van der Waals surface area contributed by atoms with Crippen LogP contribution in [0.25, 0.3) is 10.9 Å². The van der Waals surface area contributed by atoms with Gasteiger partial charge in [-0.1, -0.05) is 12.1 Å². The number of carboxylic acids is 1. The van der Waals surface area contributed by atoms with Crippen molar-refractivity contribution in [2.45, 2.75) is 39.7 Å². The van der Waals surface area contributed by atoms with E-state index in [-0.39, 0.29) is 6.42 Å². The maximum atomic E-state index is 10.7. The first kappa shape index (κ1) is 12.7. The Morgan fingerprint density at radius 2 is 2.11 bits per heavy atom. The first-order chi connectivity index (χ1) is 8.50. The second-order valence-corrected chi connectivity index (χ2v) is 5.02. The summed E-state index contributed by atoms with van der Waals surface area (Å²) in [7, 11) is 0. The number of aryl methyl sites for hydroxylation is 2. The highest BCUT2D eigenvalue weighted by Crippen LogP contribution is 2.28. The maximum Gasteiger partial charge on any atom is 0.303 e. The number of carbonyl (C=O) groups is 1. The number of aromatic nitrogens is 1. The van der Waals surface area contributed by atoms with Gasteiger partial charge in [-0.2, -0.15) is 0 Å². The van der Waals surface area contributed by atoms with Gasteiger partial charge in [0.05, 0.1) is 0 Å². The van der Waals surface area contributed by atoms with E-state index in [2.05, 4.69) is 37.6 Å². The Kier molecular flexibility index (Phi) is 3.41. The second-order valence-electron chi connectivity index (χ2n) is 5.02. The van der Waals surface area contributed by atoms with Crippen LogP contribution < -0.4 is 0 Å². The first-order valence-electron chi connectivity index (χ1n) is 6.31. The molecule has 1 aromatic carbocycles. The van der Waals surface area contributed by atoms with Crippen molar-refractivity contribution >= 4 is 16.9 Å². The van der Waals surface area contributed by atoms with Crippen LogP contribution in [0.15, 0.2) is 24.4 Å². The molecule has 0 aliphatic carbocycles. The van der Waals surface area contributed by atoms with Crippen molar-refractivity contribution in [1.82, 2.24) is 4.57 Å². The molecule has 1 heterocycles. The van der Waals surface area contributed by atoms with Crippen LogP contribution in [0.1, 0.15) is 37.4 Å². The number of rotatable bonds is 4. The molecule has 0 unspecified atom stereocenters. The standard InChI is InChI=1S/C15H19NO2/c1-10(2)16-9-11(3)15-12(7-8-14(17)18)5-4-6-13(15)16/h4-6,9-10H,7-8H2,1-3H3,(H,17,18). The van der Waals surface area contributed by atoms with E-state index < -0.39 is 5.97 Å². The summed E-state index contributed by atoms with van der Waals surface area (Å²) in [6.45, 7) is 6.40. The van der Waals surface area contributed by atoms with E-state index in [0.717, 1.165) is 5.56 Å². The maximum absolute atomic E-state index is 10.7. The Bertz CT molecular complexity index is 581. The summed E-state index contributed by atoms with van der Waals surface area (Å²) < 4.78 is 2.24. The van der Waals surface area contributed by atoms with E-state index in [9.17, 15) is 4.79 Å². The summed E-state index contributed by atoms with van der Waals surface area (Å²) >= 11 is 0. The van der Waals surface area contributed by atoms with Gasteiger partial charge in [0.25, 0.3) is 0 Å². The van der Waals surface area contributed by atoms with E-state index in [1.165, 1.54) is 16.5 Å². The van der Waals surface area contributed by atoms with Crippen molar-refractivity contribution in [3.63, 3.8) is 0 Å². The third kappa shape index (κ3) is 2.26. The van der Waals surface area contributed by atoms with Crippen LogP contribution in [-0.4, -0.2) is 15.6 Å². The fourth-order valence-corrected chi connectivity index (χ4v) is 2.48. The molecule has 3 heteroatoms. The minimum atomic E-state index is -0.743. The van der Waals surface area contributed by atoms with Gasteiger partial charge in [0.2, 0.25) is 0 Å². The van der Waals surface area contributed by atoms with E-state index in [1.807, 2.05) is 12.1 Å². The zero-order chi connectivity index (χ0) is 13.3. The molecule has 18 heavy (non-hydrogen) atoms. The lowest BCUT2D eigenvalue weighted by molar-refractivity contribution is -0.136. The number of benzene rings is 1. The highest BCUT2D eigenvalue weighted by atomic mass is 16.4. The average Bonchev–Trinajstić information content (AvgIpc) is 2.65.